The highest BCUT2D eigenvalue weighted by atomic mass is 16.5. The fraction of sp³-hybridized carbons (Fsp3) is 0.286. The third-order valence-electron chi connectivity index (χ3n) is 3.07. The molecule has 21 heavy (non-hydrogen) atoms. The summed E-state index contributed by atoms with van der Waals surface area (Å²) in [5.41, 5.74) is 6.12. The number of hydrogen-bond acceptors (Lipinski definition) is 5. The predicted molar refractivity (Wildman–Crippen MR) is 74.4 cm³/mol. The molecular formula is C14H16N2O5. The van der Waals surface area contributed by atoms with E-state index in [0.29, 0.717) is 11.1 Å². The molecule has 0 aliphatic carbocycles. The Bertz CT molecular complexity index is 679. The average molecular weight is 292 g/mol. The summed E-state index contributed by atoms with van der Waals surface area (Å²) in [6, 6.07) is 6.35. The molecule has 0 saturated heterocycles. The molecule has 0 aliphatic rings. The SMILES string of the molecule is CCOC(=O)c1cc2ccc(C(O)C(O)C(N)=O)cc2[nH]1. The van der Waals surface area contributed by atoms with E-state index in [1.165, 1.54) is 6.07 Å². The lowest BCUT2D eigenvalue weighted by molar-refractivity contribution is -0.131. The highest BCUT2D eigenvalue weighted by Gasteiger charge is 2.23. The molecule has 1 aromatic carbocycles. The molecule has 0 radical (unpaired) electrons. The summed E-state index contributed by atoms with van der Waals surface area (Å²) < 4.78 is 4.88. The van der Waals surface area contributed by atoms with E-state index in [2.05, 4.69) is 4.98 Å². The zero-order chi connectivity index (χ0) is 15.6. The van der Waals surface area contributed by atoms with Gasteiger partial charge in [-0.25, -0.2) is 4.79 Å². The number of hydrogen-bond donors (Lipinski definition) is 4. The summed E-state index contributed by atoms with van der Waals surface area (Å²) in [6.07, 6.45) is -3.12. The summed E-state index contributed by atoms with van der Waals surface area (Å²) >= 11 is 0. The van der Waals surface area contributed by atoms with Crippen LogP contribution in [0.4, 0.5) is 0 Å². The first-order valence-electron chi connectivity index (χ1n) is 6.39. The molecule has 1 heterocycles. The van der Waals surface area contributed by atoms with E-state index < -0.39 is 24.1 Å². The Balaban J connectivity index is 2.33. The van der Waals surface area contributed by atoms with Crippen molar-refractivity contribution in [3.05, 3.63) is 35.5 Å². The van der Waals surface area contributed by atoms with Crippen LogP contribution in [0, 0.1) is 0 Å². The van der Waals surface area contributed by atoms with Crippen LogP contribution >= 0.6 is 0 Å². The van der Waals surface area contributed by atoms with E-state index in [1.807, 2.05) is 0 Å². The number of ether oxygens (including phenoxy) is 1. The lowest BCUT2D eigenvalue weighted by Gasteiger charge is -2.14. The van der Waals surface area contributed by atoms with Crippen molar-refractivity contribution in [1.29, 1.82) is 0 Å². The Morgan fingerprint density at radius 1 is 1.33 bits per heavy atom. The number of rotatable bonds is 5. The maximum atomic E-state index is 11.6. The number of aromatic nitrogens is 1. The van der Waals surface area contributed by atoms with Crippen molar-refractivity contribution in [1.82, 2.24) is 4.98 Å². The molecule has 0 saturated carbocycles. The molecular weight excluding hydrogens is 276 g/mol. The highest BCUT2D eigenvalue weighted by Crippen LogP contribution is 2.23. The Kier molecular flexibility index (Phi) is 4.25. The van der Waals surface area contributed by atoms with Gasteiger partial charge in [-0.05, 0) is 24.6 Å². The molecule has 2 atom stereocenters. The molecule has 7 heteroatoms. The third-order valence-corrected chi connectivity index (χ3v) is 3.07. The maximum Gasteiger partial charge on any atom is 0.354 e. The lowest BCUT2D eigenvalue weighted by atomic mass is 10.0. The first-order chi connectivity index (χ1) is 9.93. The fourth-order valence-corrected chi connectivity index (χ4v) is 1.99. The van der Waals surface area contributed by atoms with E-state index in [4.69, 9.17) is 10.5 Å². The van der Waals surface area contributed by atoms with Crippen LogP contribution in [0.25, 0.3) is 10.9 Å². The van der Waals surface area contributed by atoms with Gasteiger partial charge in [-0.2, -0.15) is 0 Å². The summed E-state index contributed by atoms with van der Waals surface area (Å²) in [7, 11) is 0. The maximum absolute atomic E-state index is 11.6. The van der Waals surface area contributed by atoms with Crippen LogP contribution in [-0.2, 0) is 9.53 Å². The summed E-state index contributed by atoms with van der Waals surface area (Å²) in [5, 5.41) is 20.1. The van der Waals surface area contributed by atoms with Crippen molar-refractivity contribution in [2.45, 2.75) is 19.1 Å². The summed E-state index contributed by atoms with van der Waals surface area (Å²) in [5.74, 6) is -1.49. The fourth-order valence-electron chi connectivity index (χ4n) is 1.99. The van der Waals surface area contributed by atoms with Gasteiger partial charge >= 0.3 is 5.97 Å². The number of primary amides is 1. The number of carbonyl (C=O) groups excluding carboxylic acids is 2. The van der Waals surface area contributed by atoms with Gasteiger partial charge in [-0.15, -0.1) is 0 Å². The smallest absolute Gasteiger partial charge is 0.354 e. The first kappa shape index (κ1) is 15.0. The number of carbonyl (C=O) groups is 2. The van der Waals surface area contributed by atoms with Gasteiger partial charge in [-0.3, -0.25) is 4.79 Å². The lowest BCUT2D eigenvalue weighted by Crippen LogP contribution is -2.33. The van der Waals surface area contributed by atoms with Crippen molar-refractivity contribution < 1.29 is 24.5 Å². The number of H-pyrrole nitrogens is 1. The van der Waals surface area contributed by atoms with Crippen molar-refractivity contribution in [2.24, 2.45) is 5.73 Å². The molecule has 1 aromatic heterocycles. The molecule has 2 unspecified atom stereocenters. The second kappa shape index (κ2) is 5.94. The molecule has 112 valence electrons. The van der Waals surface area contributed by atoms with Crippen LogP contribution in [-0.4, -0.2) is 39.8 Å². The Labute approximate surface area is 120 Å². The Morgan fingerprint density at radius 2 is 2.05 bits per heavy atom. The van der Waals surface area contributed by atoms with Crippen LogP contribution in [0.15, 0.2) is 24.3 Å². The van der Waals surface area contributed by atoms with Crippen LogP contribution in [0.2, 0.25) is 0 Å². The van der Waals surface area contributed by atoms with E-state index in [9.17, 15) is 19.8 Å². The van der Waals surface area contributed by atoms with Crippen molar-refractivity contribution >= 4 is 22.8 Å². The van der Waals surface area contributed by atoms with Crippen LogP contribution in [0.5, 0.6) is 0 Å². The minimum atomic E-state index is -1.69. The van der Waals surface area contributed by atoms with Crippen molar-refractivity contribution in [3.63, 3.8) is 0 Å². The van der Waals surface area contributed by atoms with Gasteiger partial charge in [0, 0.05) is 10.9 Å². The number of amides is 1. The Morgan fingerprint density at radius 3 is 2.67 bits per heavy atom. The molecule has 5 N–H and O–H groups in total. The van der Waals surface area contributed by atoms with E-state index in [-0.39, 0.29) is 12.3 Å². The molecule has 2 aromatic rings. The number of aromatic amines is 1. The van der Waals surface area contributed by atoms with E-state index in [1.54, 1.807) is 25.1 Å². The van der Waals surface area contributed by atoms with Crippen LogP contribution in [0.3, 0.4) is 0 Å². The Hall–Kier alpha value is -2.38. The largest absolute Gasteiger partial charge is 0.461 e. The average Bonchev–Trinajstić information content (AvgIpc) is 2.88. The van der Waals surface area contributed by atoms with E-state index >= 15 is 0 Å². The molecule has 0 spiro atoms. The normalized spacial score (nSPS) is 13.9. The predicted octanol–water partition coefficient (Wildman–Crippen LogP) is 0.224. The van der Waals surface area contributed by atoms with Gasteiger partial charge in [0.15, 0.2) is 6.10 Å². The highest BCUT2D eigenvalue weighted by molar-refractivity contribution is 5.95. The first-order valence-corrected chi connectivity index (χ1v) is 6.39. The van der Waals surface area contributed by atoms with Gasteiger partial charge in [-0.1, -0.05) is 12.1 Å². The number of aliphatic hydroxyl groups excluding tert-OH is 2. The third kappa shape index (κ3) is 3.04. The number of fused-ring (bicyclic) bond motifs is 1. The zero-order valence-electron chi connectivity index (χ0n) is 11.4. The van der Waals surface area contributed by atoms with E-state index in [0.717, 1.165) is 5.39 Å². The minimum Gasteiger partial charge on any atom is -0.461 e. The van der Waals surface area contributed by atoms with Crippen LogP contribution < -0.4 is 5.73 Å². The molecule has 0 bridgehead atoms. The number of benzene rings is 1. The van der Waals surface area contributed by atoms with Gasteiger partial charge in [0.2, 0.25) is 5.91 Å². The van der Waals surface area contributed by atoms with Gasteiger partial charge in [0.05, 0.1) is 6.61 Å². The van der Waals surface area contributed by atoms with Gasteiger partial charge < -0.3 is 25.7 Å². The number of nitrogens with two attached hydrogens (primary N) is 1. The zero-order valence-corrected chi connectivity index (χ0v) is 11.4. The summed E-state index contributed by atoms with van der Waals surface area (Å²) in [6.45, 7) is 1.98. The summed E-state index contributed by atoms with van der Waals surface area (Å²) in [4.78, 5) is 25.4. The van der Waals surface area contributed by atoms with Gasteiger partial charge in [0.1, 0.15) is 11.8 Å². The van der Waals surface area contributed by atoms with Crippen molar-refractivity contribution in [2.75, 3.05) is 6.61 Å². The molecule has 0 fully saturated rings. The monoisotopic (exact) mass is 292 g/mol. The quantitative estimate of drug-likeness (QED) is 0.587. The topological polar surface area (TPSA) is 126 Å². The van der Waals surface area contributed by atoms with Crippen molar-refractivity contribution in [3.8, 4) is 0 Å². The molecule has 0 aliphatic heterocycles. The number of aliphatic hydroxyl groups is 2. The second-order valence-corrected chi connectivity index (χ2v) is 4.54. The van der Waals surface area contributed by atoms with Gasteiger partial charge in [0.25, 0.3) is 0 Å². The molecule has 1 amide bonds. The minimum absolute atomic E-state index is 0.267. The molecule has 2 rings (SSSR count). The standard InChI is InChI=1S/C14H16N2O5/c1-2-21-14(20)10-5-7-3-4-8(6-9(7)16-10)11(17)12(18)13(15)19/h3-6,11-12,16-18H,2H2,1H3,(H2,15,19). The number of nitrogens with one attached hydrogen (secondary N) is 1. The van der Waals surface area contributed by atoms with Crippen LogP contribution in [0.1, 0.15) is 29.1 Å². The number of esters is 1. The molecule has 7 nitrogen and oxygen atoms in total. The second-order valence-electron chi connectivity index (χ2n) is 4.54.